The van der Waals surface area contributed by atoms with Crippen molar-refractivity contribution in [3.05, 3.63) is 0 Å². The van der Waals surface area contributed by atoms with Gasteiger partial charge in [0.1, 0.15) is 0 Å². The Hall–Kier alpha value is -0.220. The SMILES string of the molecule is CSC(C)CC(=O)NCC(C)CCO. The van der Waals surface area contributed by atoms with Crippen LogP contribution in [0.2, 0.25) is 0 Å². The molecule has 0 spiro atoms. The van der Waals surface area contributed by atoms with Crippen LogP contribution in [0.1, 0.15) is 26.7 Å². The summed E-state index contributed by atoms with van der Waals surface area (Å²) in [5.74, 6) is 0.463. The molecule has 0 heterocycles. The summed E-state index contributed by atoms with van der Waals surface area (Å²) in [6.45, 7) is 4.93. The molecule has 0 fully saturated rings. The number of hydrogen-bond acceptors (Lipinski definition) is 3. The van der Waals surface area contributed by atoms with Crippen LogP contribution >= 0.6 is 11.8 Å². The van der Waals surface area contributed by atoms with E-state index < -0.39 is 0 Å². The molecule has 84 valence electrons. The second-order valence-corrected chi connectivity index (χ2v) is 4.95. The number of aliphatic hydroxyl groups excluding tert-OH is 1. The van der Waals surface area contributed by atoms with Crippen molar-refractivity contribution in [2.75, 3.05) is 19.4 Å². The molecule has 0 aromatic heterocycles. The van der Waals surface area contributed by atoms with E-state index in [1.165, 1.54) is 0 Å². The summed E-state index contributed by atoms with van der Waals surface area (Å²) < 4.78 is 0. The van der Waals surface area contributed by atoms with E-state index in [4.69, 9.17) is 5.11 Å². The van der Waals surface area contributed by atoms with Gasteiger partial charge in [0.05, 0.1) is 0 Å². The number of carbonyl (C=O) groups is 1. The second kappa shape index (κ2) is 8.12. The Bertz CT molecular complexity index is 164. The van der Waals surface area contributed by atoms with Gasteiger partial charge in [-0.2, -0.15) is 11.8 Å². The van der Waals surface area contributed by atoms with Crippen molar-refractivity contribution in [1.82, 2.24) is 5.32 Å². The average molecular weight is 219 g/mol. The topological polar surface area (TPSA) is 49.3 Å². The molecule has 2 unspecified atom stereocenters. The van der Waals surface area contributed by atoms with Gasteiger partial charge in [-0.05, 0) is 18.6 Å². The van der Waals surface area contributed by atoms with Gasteiger partial charge in [-0.3, -0.25) is 4.79 Å². The van der Waals surface area contributed by atoms with Gasteiger partial charge in [0, 0.05) is 24.8 Å². The quantitative estimate of drug-likeness (QED) is 0.678. The highest BCUT2D eigenvalue weighted by atomic mass is 32.2. The van der Waals surface area contributed by atoms with E-state index in [1.807, 2.05) is 20.1 Å². The highest BCUT2D eigenvalue weighted by Crippen LogP contribution is 2.09. The summed E-state index contributed by atoms with van der Waals surface area (Å²) in [6, 6.07) is 0. The third kappa shape index (κ3) is 7.21. The molecule has 2 N–H and O–H groups in total. The molecule has 1 amide bonds. The van der Waals surface area contributed by atoms with E-state index in [0.717, 1.165) is 6.42 Å². The number of hydrogen-bond donors (Lipinski definition) is 2. The predicted octanol–water partition coefficient (Wildman–Crippen LogP) is 1.26. The molecule has 0 saturated carbocycles. The minimum absolute atomic E-state index is 0.108. The third-order valence-corrected chi connectivity index (χ3v) is 3.12. The van der Waals surface area contributed by atoms with Gasteiger partial charge >= 0.3 is 0 Å². The van der Waals surface area contributed by atoms with Crippen molar-refractivity contribution in [3.8, 4) is 0 Å². The molecule has 14 heavy (non-hydrogen) atoms. The monoisotopic (exact) mass is 219 g/mol. The van der Waals surface area contributed by atoms with Crippen molar-refractivity contribution >= 4 is 17.7 Å². The molecule has 0 aliphatic heterocycles. The Kier molecular flexibility index (Phi) is 7.99. The number of rotatable bonds is 7. The molecular formula is C10H21NO2S. The lowest BCUT2D eigenvalue weighted by Crippen LogP contribution is -2.30. The maximum atomic E-state index is 11.3. The van der Waals surface area contributed by atoms with Crippen LogP contribution in [0.3, 0.4) is 0 Å². The van der Waals surface area contributed by atoms with Crippen molar-refractivity contribution in [1.29, 1.82) is 0 Å². The summed E-state index contributed by atoms with van der Waals surface area (Å²) >= 11 is 1.70. The fourth-order valence-electron chi connectivity index (χ4n) is 1.03. The number of aliphatic hydroxyl groups is 1. The van der Waals surface area contributed by atoms with E-state index in [-0.39, 0.29) is 12.5 Å². The minimum atomic E-state index is 0.108. The van der Waals surface area contributed by atoms with E-state index in [2.05, 4.69) is 5.32 Å². The molecule has 0 radical (unpaired) electrons. The van der Waals surface area contributed by atoms with Crippen molar-refractivity contribution in [2.24, 2.45) is 5.92 Å². The molecule has 0 aliphatic carbocycles. The zero-order chi connectivity index (χ0) is 11.0. The first-order valence-corrected chi connectivity index (χ1v) is 6.29. The summed E-state index contributed by atoms with van der Waals surface area (Å²) in [4.78, 5) is 11.3. The van der Waals surface area contributed by atoms with Crippen LogP contribution in [0, 0.1) is 5.92 Å². The lowest BCUT2D eigenvalue weighted by molar-refractivity contribution is -0.121. The molecule has 0 aromatic rings. The third-order valence-electron chi connectivity index (χ3n) is 2.14. The van der Waals surface area contributed by atoms with Crippen LogP contribution in [0.25, 0.3) is 0 Å². The van der Waals surface area contributed by atoms with Crippen LogP contribution in [0.15, 0.2) is 0 Å². The van der Waals surface area contributed by atoms with Crippen LogP contribution < -0.4 is 5.32 Å². The molecule has 2 atom stereocenters. The number of nitrogens with one attached hydrogen (secondary N) is 1. The van der Waals surface area contributed by atoms with Gasteiger partial charge in [-0.25, -0.2) is 0 Å². The zero-order valence-electron chi connectivity index (χ0n) is 9.25. The lowest BCUT2D eigenvalue weighted by Gasteiger charge is -2.12. The predicted molar refractivity (Wildman–Crippen MR) is 61.5 cm³/mol. The Morgan fingerprint density at radius 1 is 1.50 bits per heavy atom. The van der Waals surface area contributed by atoms with Crippen LogP contribution in [-0.2, 0) is 4.79 Å². The number of thioether (sulfide) groups is 1. The normalized spacial score (nSPS) is 14.9. The molecule has 0 bridgehead atoms. The van der Waals surface area contributed by atoms with Gasteiger partial charge in [-0.15, -0.1) is 0 Å². The zero-order valence-corrected chi connectivity index (χ0v) is 10.1. The fourth-order valence-corrected chi connectivity index (χ4v) is 1.35. The van der Waals surface area contributed by atoms with Gasteiger partial charge < -0.3 is 10.4 Å². The van der Waals surface area contributed by atoms with Crippen LogP contribution in [0.5, 0.6) is 0 Å². The highest BCUT2D eigenvalue weighted by molar-refractivity contribution is 7.99. The molecule has 0 saturated heterocycles. The summed E-state index contributed by atoms with van der Waals surface area (Å²) in [5, 5.41) is 11.9. The van der Waals surface area contributed by atoms with Gasteiger partial charge in [0.2, 0.25) is 5.91 Å². The number of carbonyl (C=O) groups excluding carboxylic acids is 1. The number of amides is 1. The van der Waals surface area contributed by atoms with E-state index in [9.17, 15) is 4.79 Å². The Morgan fingerprint density at radius 2 is 2.14 bits per heavy atom. The van der Waals surface area contributed by atoms with Gasteiger partial charge in [-0.1, -0.05) is 13.8 Å². The van der Waals surface area contributed by atoms with Crippen molar-refractivity contribution < 1.29 is 9.90 Å². The molecule has 3 nitrogen and oxygen atoms in total. The largest absolute Gasteiger partial charge is 0.396 e. The van der Waals surface area contributed by atoms with Crippen molar-refractivity contribution in [3.63, 3.8) is 0 Å². The van der Waals surface area contributed by atoms with Crippen LogP contribution in [-0.4, -0.2) is 35.7 Å². The van der Waals surface area contributed by atoms with E-state index >= 15 is 0 Å². The van der Waals surface area contributed by atoms with E-state index in [1.54, 1.807) is 11.8 Å². The standard InChI is InChI=1S/C10H21NO2S/c1-8(4-5-12)7-11-10(13)6-9(2)14-3/h8-9,12H,4-7H2,1-3H3,(H,11,13). The molecule has 0 aromatic carbocycles. The first-order valence-electron chi connectivity index (χ1n) is 5.00. The molecule has 0 aliphatic rings. The molecular weight excluding hydrogens is 198 g/mol. The first kappa shape index (κ1) is 13.8. The molecule has 4 heteroatoms. The van der Waals surface area contributed by atoms with Gasteiger partial charge in [0.25, 0.3) is 0 Å². The minimum Gasteiger partial charge on any atom is -0.396 e. The average Bonchev–Trinajstić information content (AvgIpc) is 2.15. The highest BCUT2D eigenvalue weighted by Gasteiger charge is 2.08. The Morgan fingerprint density at radius 3 is 2.64 bits per heavy atom. The van der Waals surface area contributed by atoms with Crippen molar-refractivity contribution in [2.45, 2.75) is 31.9 Å². The summed E-state index contributed by atoms with van der Waals surface area (Å²) in [7, 11) is 0. The van der Waals surface area contributed by atoms with Gasteiger partial charge in [0.15, 0.2) is 0 Å². The van der Waals surface area contributed by atoms with E-state index in [0.29, 0.717) is 24.1 Å². The molecule has 0 rings (SSSR count). The first-order chi connectivity index (χ1) is 6.60. The smallest absolute Gasteiger partial charge is 0.221 e. The maximum Gasteiger partial charge on any atom is 0.221 e. The fraction of sp³-hybridized carbons (Fsp3) is 0.900. The summed E-state index contributed by atoms with van der Waals surface area (Å²) in [5.41, 5.74) is 0. The van der Waals surface area contributed by atoms with Crippen LogP contribution in [0.4, 0.5) is 0 Å². The summed E-state index contributed by atoms with van der Waals surface area (Å²) in [6.07, 6.45) is 3.33. The Labute approximate surface area is 90.7 Å². The Balaban J connectivity index is 3.53. The lowest BCUT2D eigenvalue weighted by atomic mass is 10.1. The second-order valence-electron chi connectivity index (χ2n) is 3.67. The maximum absolute atomic E-state index is 11.3.